The van der Waals surface area contributed by atoms with Gasteiger partial charge in [-0.25, -0.2) is 0 Å². The van der Waals surface area contributed by atoms with E-state index in [1.54, 1.807) is 0 Å². The molecular formula is C49H34. The Morgan fingerprint density at radius 3 is 1.69 bits per heavy atom. The van der Waals surface area contributed by atoms with Crippen LogP contribution in [0.4, 0.5) is 0 Å². The molecule has 0 bridgehead atoms. The zero-order chi connectivity index (χ0) is 32.8. The molecule has 0 saturated carbocycles. The molecule has 0 radical (unpaired) electrons. The first-order valence-electron chi connectivity index (χ1n) is 17.0. The second-order valence-electron chi connectivity index (χ2n) is 12.9. The molecule has 0 unspecified atom stereocenters. The molecule has 9 rings (SSSR count). The Morgan fingerprint density at radius 2 is 0.959 bits per heavy atom. The highest BCUT2D eigenvalue weighted by molar-refractivity contribution is 5.97. The van der Waals surface area contributed by atoms with Gasteiger partial charge in [-0.05, 0) is 113 Å². The van der Waals surface area contributed by atoms with Crippen LogP contribution in [0.2, 0.25) is 0 Å². The van der Waals surface area contributed by atoms with Crippen molar-refractivity contribution in [2.45, 2.75) is 5.41 Å². The third-order valence-corrected chi connectivity index (χ3v) is 10.3. The number of benzene rings is 8. The first-order valence-corrected chi connectivity index (χ1v) is 17.0. The van der Waals surface area contributed by atoms with Gasteiger partial charge in [-0.1, -0.05) is 170 Å². The SMILES string of the molecule is C=CC=Cc1cc2ccccc2cc1-c1ccc2ccc(-c3ccc4c(c3)C(c3ccccc3)(c3ccccc3)c3ccccc3-4)cc2c1. The van der Waals surface area contributed by atoms with Crippen molar-refractivity contribution in [3.63, 3.8) is 0 Å². The minimum Gasteiger partial charge on any atom is -0.0991 e. The Hall–Kier alpha value is -6.24. The predicted molar refractivity (Wildman–Crippen MR) is 209 cm³/mol. The van der Waals surface area contributed by atoms with Crippen LogP contribution in [0.15, 0.2) is 195 Å². The lowest BCUT2D eigenvalue weighted by Crippen LogP contribution is -2.28. The molecule has 0 atom stereocenters. The molecule has 8 aromatic rings. The van der Waals surface area contributed by atoms with Gasteiger partial charge in [0.2, 0.25) is 0 Å². The molecule has 0 spiro atoms. The summed E-state index contributed by atoms with van der Waals surface area (Å²) in [7, 11) is 0. The molecule has 0 fully saturated rings. The monoisotopic (exact) mass is 622 g/mol. The Labute approximate surface area is 288 Å². The summed E-state index contributed by atoms with van der Waals surface area (Å²) in [4.78, 5) is 0. The average Bonchev–Trinajstić information content (AvgIpc) is 3.47. The maximum Gasteiger partial charge on any atom is 0.0713 e. The van der Waals surface area contributed by atoms with E-state index in [9.17, 15) is 0 Å². The maximum atomic E-state index is 3.91. The normalized spacial score (nSPS) is 13.1. The summed E-state index contributed by atoms with van der Waals surface area (Å²) < 4.78 is 0. The van der Waals surface area contributed by atoms with Crippen LogP contribution < -0.4 is 0 Å². The maximum absolute atomic E-state index is 3.91. The van der Waals surface area contributed by atoms with Gasteiger partial charge in [-0.2, -0.15) is 0 Å². The molecular weight excluding hydrogens is 589 g/mol. The topological polar surface area (TPSA) is 0 Å². The summed E-state index contributed by atoms with van der Waals surface area (Å²) in [6.07, 6.45) is 6.01. The molecule has 0 amide bonds. The Morgan fingerprint density at radius 1 is 0.388 bits per heavy atom. The highest BCUT2D eigenvalue weighted by Crippen LogP contribution is 2.56. The van der Waals surface area contributed by atoms with E-state index in [0.29, 0.717) is 0 Å². The predicted octanol–water partition coefficient (Wildman–Crippen LogP) is 12.9. The van der Waals surface area contributed by atoms with Crippen molar-refractivity contribution in [1.29, 1.82) is 0 Å². The van der Waals surface area contributed by atoms with Crippen molar-refractivity contribution in [1.82, 2.24) is 0 Å². The molecule has 230 valence electrons. The third kappa shape index (κ3) is 4.68. The van der Waals surface area contributed by atoms with Gasteiger partial charge in [-0.3, -0.25) is 0 Å². The zero-order valence-electron chi connectivity index (χ0n) is 27.2. The number of fused-ring (bicyclic) bond motifs is 5. The second kappa shape index (κ2) is 11.8. The van der Waals surface area contributed by atoms with E-state index in [1.807, 2.05) is 12.2 Å². The van der Waals surface area contributed by atoms with E-state index in [-0.39, 0.29) is 0 Å². The Bertz CT molecular complexity index is 2510. The van der Waals surface area contributed by atoms with Crippen molar-refractivity contribution in [2.24, 2.45) is 0 Å². The average molecular weight is 623 g/mol. The molecule has 0 nitrogen and oxygen atoms in total. The Kier molecular flexibility index (Phi) is 6.95. The fourth-order valence-electron chi connectivity index (χ4n) is 8.04. The Balaban J connectivity index is 1.22. The van der Waals surface area contributed by atoms with Gasteiger partial charge in [0.05, 0.1) is 5.41 Å². The van der Waals surface area contributed by atoms with Crippen molar-refractivity contribution in [2.75, 3.05) is 0 Å². The molecule has 8 aromatic carbocycles. The molecule has 0 aromatic heterocycles. The van der Waals surface area contributed by atoms with E-state index < -0.39 is 5.41 Å². The number of hydrogen-bond donors (Lipinski definition) is 0. The lowest BCUT2D eigenvalue weighted by atomic mass is 9.67. The number of allylic oxidation sites excluding steroid dienone is 2. The van der Waals surface area contributed by atoms with Gasteiger partial charge in [-0.15, -0.1) is 0 Å². The van der Waals surface area contributed by atoms with E-state index in [2.05, 4.69) is 189 Å². The van der Waals surface area contributed by atoms with Crippen LogP contribution in [0.5, 0.6) is 0 Å². The van der Waals surface area contributed by atoms with Crippen LogP contribution in [-0.4, -0.2) is 0 Å². The molecule has 0 aliphatic heterocycles. The lowest BCUT2D eigenvalue weighted by Gasteiger charge is -2.34. The van der Waals surface area contributed by atoms with E-state index in [1.165, 1.54) is 82.7 Å². The fourth-order valence-corrected chi connectivity index (χ4v) is 8.04. The highest BCUT2D eigenvalue weighted by Gasteiger charge is 2.46. The van der Waals surface area contributed by atoms with Gasteiger partial charge in [0.25, 0.3) is 0 Å². The zero-order valence-corrected chi connectivity index (χ0v) is 27.2. The van der Waals surface area contributed by atoms with Crippen LogP contribution in [-0.2, 0) is 5.41 Å². The van der Waals surface area contributed by atoms with E-state index in [0.717, 1.165) is 0 Å². The van der Waals surface area contributed by atoms with Crippen LogP contribution >= 0.6 is 0 Å². The fraction of sp³-hybridized carbons (Fsp3) is 0.0204. The van der Waals surface area contributed by atoms with E-state index >= 15 is 0 Å². The first-order chi connectivity index (χ1) is 24.2. The van der Waals surface area contributed by atoms with Gasteiger partial charge in [0, 0.05) is 0 Å². The summed E-state index contributed by atoms with van der Waals surface area (Å²) in [5.41, 5.74) is 13.4. The second-order valence-corrected chi connectivity index (χ2v) is 12.9. The first kappa shape index (κ1) is 28.9. The van der Waals surface area contributed by atoms with Gasteiger partial charge < -0.3 is 0 Å². The van der Waals surface area contributed by atoms with Crippen LogP contribution in [0.1, 0.15) is 27.8 Å². The summed E-state index contributed by atoms with van der Waals surface area (Å²) in [6, 6.07) is 65.0. The number of hydrogen-bond acceptors (Lipinski definition) is 0. The van der Waals surface area contributed by atoms with Crippen molar-refractivity contribution < 1.29 is 0 Å². The largest absolute Gasteiger partial charge is 0.0991 e. The van der Waals surface area contributed by atoms with Gasteiger partial charge in [0.1, 0.15) is 0 Å². The molecule has 1 aliphatic carbocycles. The van der Waals surface area contributed by atoms with Crippen molar-refractivity contribution in [3.8, 4) is 33.4 Å². The minimum absolute atomic E-state index is 0.417. The standard InChI is InChI=1S/C49H34/c1-2-3-14-39-29-35-15-10-11-16-36(35)32-46(39)40-26-24-34-23-25-37(30-41(34)31-40)38-27-28-45-44-21-12-13-22-47(44)49(48(45)33-38,42-17-6-4-7-18-42)43-19-8-5-9-20-43/h2-33H,1H2. The third-order valence-electron chi connectivity index (χ3n) is 10.3. The summed E-state index contributed by atoms with van der Waals surface area (Å²) in [5, 5.41) is 4.93. The summed E-state index contributed by atoms with van der Waals surface area (Å²) in [6.45, 7) is 3.91. The van der Waals surface area contributed by atoms with Gasteiger partial charge in [0.15, 0.2) is 0 Å². The van der Waals surface area contributed by atoms with Gasteiger partial charge >= 0.3 is 0 Å². The summed E-state index contributed by atoms with van der Waals surface area (Å²) in [5.74, 6) is 0. The molecule has 49 heavy (non-hydrogen) atoms. The molecule has 0 saturated heterocycles. The molecule has 0 heteroatoms. The minimum atomic E-state index is -0.417. The van der Waals surface area contributed by atoms with Crippen LogP contribution in [0.25, 0.3) is 61.0 Å². The summed E-state index contributed by atoms with van der Waals surface area (Å²) >= 11 is 0. The number of rotatable bonds is 6. The lowest BCUT2D eigenvalue weighted by molar-refractivity contribution is 0.769. The van der Waals surface area contributed by atoms with Crippen LogP contribution in [0, 0.1) is 0 Å². The van der Waals surface area contributed by atoms with Crippen molar-refractivity contribution >= 4 is 27.6 Å². The molecule has 1 aliphatic rings. The van der Waals surface area contributed by atoms with Crippen molar-refractivity contribution in [3.05, 3.63) is 222 Å². The van der Waals surface area contributed by atoms with E-state index in [4.69, 9.17) is 0 Å². The quantitative estimate of drug-likeness (QED) is 0.162. The van der Waals surface area contributed by atoms with Crippen LogP contribution in [0.3, 0.4) is 0 Å². The molecule has 0 heterocycles. The smallest absolute Gasteiger partial charge is 0.0713 e. The highest BCUT2D eigenvalue weighted by atomic mass is 14.5. The molecule has 0 N–H and O–H groups in total.